The number of halogens is 1. The Kier molecular flexibility index (Phi) is 3.02. The molecule has 0 aliphatic carbocycles. The van der Waals surface area contributed by atoms with Gasteiger partial charge in [0.2, 0.25) is 0 Å². The lowest BCUT2D eigenvalue weighted by atomic mass is 9.90. The van der Waals surface area contributed by atoms with Crippen molar-refractivity contribution in [3.63, 3.8) is 0 Å². The first kappa shape index (κ1) is 12.0. The van der Waals surface area contributed by atoms with Crippen LogP contribution in [0.5, 0.6) is 0 Å². The van der Waals surface area contributed by atoms with E-state index in [4.69, 9.17) is 0 Å². The molecule has 1 N–H and O–H groups in total. The molecule has 2 heterocycles. The van der Waals surface area contributed by atoms with Gasteiger partial charge in [0, 0.05) is 18.6 Å². The van der Waals surface area contributed by atoms with Gasteiger partial charge < -0.3 is 10.2 Å². The molecule has 0 spiro atoms. The van der Waals surface area contributed by atoms with E-state index >= 15 is 0 Å². The molecule has 0 amide bonds. The summed E-state index contributed by atoms with van der Waals surface area (Å²) in [5.41, 5.74) is 1.82. The van der Waals surface area contributed by atoms with Crippen LogP contribution in [0.1, 0.15) is 38.2 Å². The van der Waals surface area contributed by atoms with Gasteiger partial charge in [-0.2, -0.15) is 0 Å². The molecule has 2 fully saturated rings. The average molecular weight is 248 g/mol. The van der Waals surface area contributed by atoms with Gasteiger partial charge >= 0.3 is 0 Å². The van der Waals surface area contributed by atoms with E-state index in [2.05, 4.69) is 23.2 Å². The molecule has 98 valence electrons. The van der Waals surface area contributed by atoms with E-state index in [9.17, 15) is 4.39 Å². The average Bonchev–Trinajstić information content (AvgIpc) is 3.00. The second-order valence-electron chi connectivity index (χ2n) is 5.72. The van der Waals surface area contributed by atoms with Crippen molar-refractivity contribution in [1.29, 1.82) is 0 Å². The van der Waals surface area contributed by atoms with Crippen LogP contribution in [0.4, 0.5) is 10.1 Å². The number of benzene rings is 1. The Labute approximate surface area is 108 Å². The number of hydrogen-bond donors (Lipinski definition) is 1. The van der Waals surface area contributed by atoms with Crippen molar-refractivity contribution >= 4 is 5.69 Å². The van der Waals surface area contributed by atoms with Gasteiger partial charge in [-0.15, -0.1) is 0 Å². The normalized spacial score (nSPS) is 28.0. The molecule has 0 aromatic heterocycles. The van der Waals surface area contributed by atoms with Crippen LogP contribution in [0.2, 0.25) is 0 Å². The summed E-state index contributed by atoms with van der Waals surface area (Å²) >= 11 is 0. The zero-order chi connectivity index (χ0) is 12.6. The fourth-order valence-electron chi connectivity index (χ4n) is 3.21. The maximum Gasteiger partial charge on any atom is 0.146 e. The monoisotopic (exact) mass is 248 g/mol. The van der Waals surface area contributed by atoms with Crippen LogP contribution < -0.4 is 10.2 Å². The van der Waals surface area contributed by atoms with E-state index < -0.39 is 0 Å². The van der Waals surface area contributed by atoms with Gasteiger partial charge in [-0.1, -0.05) is 6.07 Å². The lowest BCUT2D eigenvalue weighted by Gasteiger charge is -2.26. The highest BCUT2D eigenvalue weighted by atomic mass is 19.1. The zero-order valence-electron chi connectivity index (χ0n) is 11.0. The highest BCUT2D eigenvalue weighted by Crippen LogP contribution is 2.33. The summed E-state index contributed by atoms with van der Waals surface area (Å²) in [7, 11) is 0. The van der Waals surface area contributed by atoms with Gasteiger partial charge in [-0.3, -0.25) is 0 Å². The van der Waals surface area contributed by atoms with Crippen LogP contribution in [0.25, 0.3) is 0 Å². The fourth-order valence-corrected chi connectivity index (χ4v) is 3.21. The summed E-state index contributed by atoms with van der Waals surface area (Å²) in [5, 5.41) is 3.49. The summed E-state index contributed by atoms with van der Waals surface area (Å²) in [4.78, 5) is 2.16. The predicted octanol–water partition coefficient (Wildman–Crippen LogP) is 3.02. The molecule has 18 heavy (non-hydrogen) atoms. The van der Waals surface area contributed by atoms with Gasteiger partial charge in [0.15, 0.2) is 0 Å². The van der Waals surface area contributed by atoms with Crippen molar-refractivity contribution in [2.45, 2.75) is 38.1 Å². The highest BCUT2D eigenvalue weighted by Gasteiger charge is 2.30. The summed E-state index contributed by atoms with van der Waals surface area (Å²) in [6.07, 6.45) is 4.63. The standard InChI is InChI=1S/C15H21FN2/c1-15(7-4-8-17-15)12-5-6-14(13(16)11-12)18-9-2-3-10-18/h5-6,11,17H,2-4,7-10H2,1H3. The quantitative estimate of drug-likeness (QED) is 0.865. The zero-order valence-corrected chi connectivity index (χ0v) is 11.0. The molecule has 1 unspecified atom stereocenters. The number of hydrogen-bond acceptors (Lipinski definition) is 2. The fraction of sp³-hybridized carbons (Fsp3) is 0.600. The number of nitrogens with one attached hydrogen (secondary N) is 1. The SMILES string of the molecule is CC1(c2ccc(N3CCCC3)c(F)c2)CCCN1. The topological polar surface area (TPSA) is 15.3 Å². The molecule has 1 aromatic rings. The molecule has 1 atom stereocenters. The van der Waals surface area contributed by atoms with Crippen LogP contribution >= 0.6 is 0 Å². The molecule has 3 rings (SSSR count). The molecule has 2 saturated heterocycles. The van der Waals surface area contributed by atoms with Crippen LogP contribution in [0, 0.1) is 5.82 Å². The van der Waals surface area contributed by atoms with Crippen LogP contribution in [-0.4, -0.2) is 19.6 Å². The van der Waals surface area contributed by atoms with E-state index in [1.165, 1.54) is 19.3 Å². The summed E-state index contributed by atoms with van der Waals surface area (Å²) in [6, 6.07) is 5.78. The molecule has 1 aromatic carbocycles. The van der Waals surface area contributed by atoms with E-state index in [1.54, 1.807) is 6.07 Å². The van der Waals surface area contributed by atoms with Crippen molar-refractivity contribution in [3.8, 4) is 0 Å². The number of rotatable bonds is 2. The first-order valence-corrected chi connectivity index (χ1v) is 6.99. The number of nitrogens with zero attached hydrogens (tertiary/aromatic N) is 1. The van der Waals surface area contributed by atoms with Crippen molar-refractivity contribution in [3.05, 3.63) is 29.6 Å². The van der Waals surface area contributed by atoms with Gasteiger partial charge in [0.25, 0.3) is 0 Å². The first-order valence-electron chi connectivity index (χ1n) is 6.99. The molecule has 2 aliphatic heterocycles. The molecule has 2 nitrogen and oxygen atoms in total. The predicted molar refractivity (Wildman–Crippen MR) is 72.4 cm³/mol. The van der Waals surface area contributed by atoms with Gasteiger partial charge in [0.05, 0.1) is 5.69 Å². The number of anilines is 1. The second-order valence-corrected chi connectivity index (χ2v) is 5.72. The Bertz CT molecular complexity index is 432. The minimum Gasteiger partial charge on any atom is -0.369 e. The van der Waals surface area contributed by atoms with E-state index in [0.717, 1.165) is 37.3 Å². The van der Waals surface area contributed by atoms with Crippen LogP contribution in [0.3, 0.4) is 0 Å². The molecule has 0 radical (unpaired) electrons. The highest BCUT2D eigenvalue weighted by molar-refractivity contribution is 5.50. The summed E-state index contributed by atoms with van der Waals surface area (Å²) in [6.45, 7) is 5.19. The largest absolute Gasteiger partial charge is 0.369 e. The third kappa shape index (κ3) is 2.01. The Morgan fingerprint density at radius 3 is 2.61 bits per heavy atom. The lowest BCUT2D eigenvalue weighted by molar-refractivity contribution is 0.431. The Morgan fingerprint density at radius 1 is 1.22 bits per heavy atom. The third-order valence-corrected chi connectivity index (χ3v) is 4.40. The maximum atomic E-state index is 14.3. The van der Waals surface area contributed by atoms with E-state index in [-0.39, 0.29) is 11.4 Å². The minimum atomic E-state index is -0.0654. The molecule has 0 saturated carbocycles. The molecular weight excluding hydrogens is 227 g/mol. The molecule has 3 heteroatoms. The summed E-state index contributed by atoms with van der Waals surface area (Å²) < 4.78 is 14.3. The van der Waals surface area contributed by atoms with Crippen molar-refractivity contribution in [1.82, 2.24) is 5.32 Å². The molecular formula is C15H21FN2. The van der Waals surface area contributed by atoms with Gasteiger partial charge in [0.1, 0.15) is 5.82 Å². The van der Waals surface area contributed by atoms with Gasteiger partial charge in [-0.05, 0) is 56.8 Å². The van der Waals surface area contributed by atoms with Crippen LogP contribution in [-0.2, 0) is 5.54 Å². The van der Waals surface area contributed by atoms with Gasteiger partial charge in [-0.25, -0.2) is 4.39 Å². The van der Waals surface area contributed by atoms with Crippen molar-refractivity contribution < 1.29 is 4.39 Å². The Morgan fingerprint density at radius 2 is 2.00 bits per heavy atom. The first-order chi connectivity index (χ1) is 8.69. The van der Waals surface area contributed by atoms with Crippen molar-refractivity contribution in [2.24, 2.45) is 0 Å². The van der Waals surface area contributed by atoms with E-state index in [0.29, 0.717) is 0 Å². The maximum absolute atomic E-state index is 14.3. The van der Waals surface area contributed by atoms with Crippen molar-refractivity contribution in [2.75, 3.05) is 24.5 Å². The lowest BCUT2D eigenvalue weighted by Crippen LogP contribution is -2.33. The van der Waals surface area contributed by atoms with Crippen LogP contribution in [0.15, 0.2) is 18.2 Å². The molecule has 0 bridgehead atoms. The Balaban J connectivity index is 1.88. The minimum absolute atomic E-state index is 0.0373. The second kappa shape index (κ2) is 4.54. The smallest absolute Gasteiger partial charge is 0.146 e. The third-order valence-electron chi connectivity index (χ3n) is 4.40. The summed E-state index contributed by atoms with van der Waals surface area (Å²) in [5.74, 6) is -0.0654. The van der Waals surface area contributed by atoms with E-state index in [1.807, 2.05) is 6.07 Å². The molecule has 2 aliphatic rings. The Hall–Kier alpha value is -1.09.